The van der Waals surface area contributed by atoms with Crippen LogP contribution in [0.15, 0.2) is 6.20 Å². The minimum absolute atomic E-state index is 0.470. The highest BCUT2D eigenvalue weighted by molar-refractivity contribution is 5.22. The molecule has 2 atom stereocenters. The Balaban J connectivity index is 2.21. The van der Waals surface area contributed by atoms with Crippen molar-refractivity contribution in [2.45, 2.75) is 45.4 Å². The van der Waals surface area contributed by atoms with Gasteiger partial charge in [0.25, 0.3) is 0 Å². The van der Waals surface area contributed by atoms with E-state index < -0.39 is 0 Å². The lowest BCUT2D eigenvalue weighted by Gasteiger charge is -2.23. The summed E-state index contributed by atoms with van der Waals surface area (Å²) in [7, 11) is 0. The first-order valence-corrected chi connectivity index (χ1v) is 6.29. The van der Waals surface area contributed by atoms with Crippen molar-refractivity contribution < 1.29 is 0 Å². The first-order valence-electron chi connectivity index (χ1n) is 6.29. The summed E-state index contributed by atoms with van der Waals surface area (Å²) in [6.07, 6.45) is 6.44. The third-order valence-electron chi connectivity index (χ3n) is 3.66. The van der Waals surface area contributed by atoms with Gasteiger partial charge in [-0.2, -0.15) is 0 Å². The average molecular weight is 219 g/mol. The molecule has 2 unspecified atom stereocenters. The van der Waals surface area contributed by atoms with E-state index in [9.17, 15) is 0 Å². The Hall–Kier alpha value is -0.960. The van der Waals surface area contributed by atoms with Crippen molar-refractivity contribution in [3.8, 4) is 0 Å². The van der Waals surface area contributed by atoms with Crippen LogP contribution in [0.4, 0.5) is 0 Å². The van der Waals surface area contributed by atoms with Crippen molar-refractivity contribution in [1.82, 2.24) is 9.97 Å². The number of hydrogen-bond acceptors (Lipinski definition) is 3. The largest absolute Gasteiger partial charge is 0.330 e. The highest BCUT2D eigenvalue weighted by Gasteiger charge is 2.20. The van der Waals surface area contributed by atoms with E-state index in [0.29, 0.717) is 11.8 Å². The molecule has 0 aromatic carbocycles. The van der Waals surface area contributed by atoms with Gasteiger partial charge in [0.2, 0.25) is 0 Å². The molecule has 1 aliphatic carbocycles. The van der Waals surface area contributed by atoms with Crippen LogP contribution in [0, 0.1) is 5.92 Å². The maximum Gasteiger partial charge on any atom is 0.131 e. The first-order chi connectivity index (χ1) is 7.74. The third kappa shape index (κ3) is 2.24. The van der Waals surface area contributed by atoms with Gasteiger partial charge in [-0.15, -0.1) is 0 Å². The lowest BCUT2D eigenvalue weighted by Crippen LogP contribution is -2.23. The maximum atomic E-state index is 5.72. The smallest absolute Gasteiger partial charge is 0.131 e. The van der Waals surface area contributed by atoms with E-state index in [-0.39, 0.29) is 0 Å². The molecule has 3 heteroatoms. The molecule has 0 radical (unpaired) electrons. The van der Waals surface area contributed by atoms with Crippen molar-refractivity contribution >= 4 is 0 Å². The fourth-order valence-corrected chi connectivity index (χ4v) is 2.22. The highest BCUT2D eigenvalue weighted by atomic mass is 14.9. The lowest BCUT2D eigenvalue weighted by atomic mass is 9.87. The minimum Gasteiger partial charge on any atom is -0.330 e. The maximum absolute atomic E-state index is 5.72. The van der Waals surface area contributed by atoms with E-state index in [1.807, 2.05) is 6.20 Å². The van der Waals surface area contributed by atoms with Crippen molar-refractivity contribution in [1.29, 1.82) is 0 Å². The van der Waals surface area contributed by atoms with Gasteiger partial charge in [-0.1, -0.05) is 13.8 Å². The zero-order chi connectivity index (χ0) is 11.5. The second-order valence-corrected chi connectivity index (χ2v) is 4.85. The molecule has 0 spiro atoms. The van der Waals surface area contributed by atoms with E-state index in [1.54, 1.807) is 0 Å². The Morgan fingerprint density at radius 3 is 3.06 bits per heavy atom. The summed E-state index contributed by atoms with van der Waals surface area (Å²) in [6, 6.07) is 0. The van der Waals surface area contributed by atoms with Gasteiger partial charge in [0.15, 0.2) is 0 Å². The summed E-state index contributed by atoms with van der Waals surface area (Å²) in [6.45, 7) is 5.15. The van der Waals surface area contributed by atoms with Crippen LogP contribution < -0.4 is 5.73 Å². The first kappa shape index (κ1) is 11.5. The highest BCUT2D eigenvalue weighted by Crippen LogP contribution is 2.24. The van der Waals surface area contributed by atoms with Gasteiger partial charge in [-0.3, -0.25) is 0 Å². The van der Waals surface area contributed by atoms with E-state index >= 15 is 0 Å². The molecule has 1 aromatic rings. The minimum atomic E-state index is 0.470. The Labute approximate surface area is 97.5 Å². The summed E-state index contributed by atoms with van der Waals surface area (Å²) in [5.41, 5.74) is 8.29. The molecule has 0 fully saturated rings. The fourth-order valence-electron chi connectivity index (χ4n) is 2.22. The zero-order valence-corrected chi connectivity index (χ0v) is 10.2. The number of fused-ring (bicyclic) bond motifs is 1. The Morgan fingerprint density at radius 1 is 1.56 bits per heavy atom. The van der Waals surface area contributed by atoms with E-state index in [4.69, 9.17) is 10.7 Å². The molecular formula is C13H21N3. The van der Waals surface area contributed by atoms with Gasteiger partial charge in [-0.25, -0.2) is 9.97 Å². The number of aryl methyl sites for hydroxylation is 1. The summed E-state index contributed by atoms with van der Waals surface area (Å²) >= 11 is 0. The number of rotatable bonds is 3. The number of aromatic nitrogens is 2. The Kier molecular flexibility index (Phi) is 3.54. The second-order valence-electron chi connectivity index (χ2n) is 4.85. The van der Waals surface area contributed by atoms with Gasteiger partial charge < -0.3 is 5.73 Å². The number of nitrogens with two attached hydrogens (primary N) is 1. The van der Waals surface area contributed by atoms with Crippen LogP contribution in [0.1, 0.15) is 49.7 Å². The van der Waals surface area contributed by atoms with Crippen LogP contribution in [0.5, 0.6) is 0 Å². The van der Waals surface area contributed by atoms with E-state index in [1.165, 1.54) is 17.7 Å². The molecule has 16 heavy (non-hydrogen) atoms. The Bertz CT molecular complexity index is 362. The normalized spacial score (nSPS) is 21.6. The number of hydrogen-bond donors (Lipinski definition) is 1. The molecule has 88 valence electrons. The van der Waals surface area contributed by atoms with Gasteiger partial charge in [0, 0.05) is 17.8 Å². The van der Waals surface area contributed by atoms with Gasteiger partial charge in [0.1, 0.15) is 5.82 Å². The van der Waals surface area contributed by atoms with Crippen LogP contribution in [0.3, 0.4) is 0 Å². The molecule has 0 saturated carbocycles. The zero-order valence-electron chi connectivity index (χ0n) is 10.2. The van der Waals surface area contributed by atoms with Crippen molar-refractivity contribution in [2.75, 3.05) is 6.54 Å². The molecule has 3 nitrogen and oxygen atoms in total. The molecule has 2 N–H and O–H groups in total. The predicted molar refractivity (Wildman–Crippen MR) is 65.3 cm³/mol. The molecule has 1 heterocycles. The molecule has 1 aromatic heterocycles. The predicted octanol–water partition coefficient (Wildman–Crippen LogP) is 2.05. The number of nitrogens with zero attached hydrogens (tertiary/aromatic N) is 2. The molecular weight excluding hydrogens is 198 g/mol. The molecule has 0 aliphatic heterocycles. The quantitative estimate of drug-likeness (QED) is 0.846. The Morgan fingerprint density at radius 2 is 2.38 bits per heavy atom. The molecule has 0 amide bonds. The molecule has 0 saturated heterocycles. The molecule has 0 bridgehead atoms. The van der Waals surface area contributed by atoms with Crippen molar-refractivity contribution in [2.24, 2.45) is 11.7 Å². The summed E-state index contributed by atoms with van der Waals surface area (Å²) in [5, 5.41) is 0. The van der Waals surface area contributed by atoms with Crippen molar-refractivity contribution in [3.63, 3.8) is 0 Å². The molecule has 2 rings (SSSR count). The van der Waals surface area contributed by atoms with Crippen LogP contribution in [0.25, 0.3) is 0 Å². The van der Waals surface area contributed by atoms with Crippen LogP contribution in [-0.4, -0.2) is 16.5 Å². The van der Waals surface area contributed by atoms with Crippen LogP contribution in [0.2, 0.25) is 0 Å². The molecule has 1 aliphatic rings. The van der Waals surface area contributed by atoms with Gasteiger partial charge in [0.05, 0.1) is 0 Å². The van der Waals surface area contributed by atoms with Crippen molar-refractivity contribution in [3.05, 3.63) is 23.3 Å². The second kappa shape index (κ2) is 4.91. The fraction of sp³-hybridized carbons (Fsp3) is 0.692. The topological polar surface area (TPSA) is 51.8 Å². The SMILES string of the molecule is CCC(C)c1ncc2c(n1)CCC(CN)C2. The van der Waals surface area contributed by atoms with E-state index in [0.717, 1.165) is 31.6 Å². The van der Waals surface area contributed by atoms with Crippen LogP contribution in [-0.2, 0) is 12.8 Å². The summed E-state index contributed by atoms with van der Waals surface area (Å²) in [5.74, 6) is 2.11. The average Bonchev–Trinajstić information content (AvgIpc) is 2.36. The standard InChI is InChI=1S/C13H21N3/c1-3-9(2)13-15-8-11-6-10(7-14)4-5-12(11)16-13/h8-10H,3-7,14H2,1-2H3. The third-order valence-corrected chi connectivity index (χ3v) is 3.66. The summed E-state index contributed by atoms with van der Waals surface area (Å²) in [4.78, 5) is 9.18. The van der Waals surface area contributed by atoms with Gasteiger partial charge >= 0.3 is 0 Å². The lowest BCUT2D eigenvalue weighted by molar-refractivity contribution is 0.458. The summed E-state index contributed by atoms with van der Waals surface area (Å²) < 4.78 is 0. The monoisotopic (exact) mass is 219 g/mol. The van der Waals surface area contributed by atoms with Crippen LogP contribution >= 0.6 is 0 Å². The van der Waals surface area contributed by atoms with E-state index in [2.05, 4.69) is 18.8 Å². The van der Waals surface area contributed by atoms with Gasteiger partial charge in [-0.05, 0) is 43.7 Å².